The number of aromatic nitrogens is 2. The van der Waals surface area contributed by atoms with Gasteiger partial charge in [0.25, 0.3) is 0 Å². The molecule has 6 heteroatoms. The normalized spacial score (nSPS) is 10.3. The number of nitrogens with zero attached hydrogens (tertiary/aromatic N) is 2. The molecule has 2 N–H and O–H groups in total. The van der Waals surface area contributed by atoms with E-state index in [1.54, 1.807) is 12.1 Å². The Kier molecular flexibility index (Phi) is 4.99. The van der Waals surface area contributed by atoms with Crippen molar-refractivity contribution < 1.29 is 8.78 Å². The van der Waals surface area contributed by atoms with Gasteiger partial charge in [0.1, 0.15) is 23.3 Å². The van der Waals surface area contributed by atoms with Crippen LogP contribution in [0.4, 0.5) is 26.1 Å². The molecule has 3 rings (SSSR count). The molecule has 0 bridgehead atoms. The molecule has 0 radical (unpaired) electrons. The number of benzene rings is 2. The molecule has 0 atom stereocenters. The molecule has 0 spiro atoms. The minimum Gasteiger partial charge on any atom is -0.366 e. The summed E-state index contributed by atoms with van der Waals surface area (Å²) in [6, 6.07) is 14.4. The molecule has 2 aromatic carbocycles. The van der Waals surface area contributed by atoms with Crippen LogP contribution in [-0.2, 0) is 0 Å². The second-order valence-corrected chi connectivity index (χ2v) is 5.25. The Morgan fingerprint density at radius 1 is 0.960 bits per heavy atom. The molecule has 1 aromatic heterocycles. The standard InChI is InChI=1S/C19H16F2N4/c1-2-10-22-17-12-18(23-16-9-8-14(20)11-15(16)21)25-19(24-17)13-6-4-3-5-7-13/h2-9,11-12H,1,10H2,(H2,22,23,24,25). The second-order valence-electron chi connectivity index (χ2n) is 5.25. The third kappa shape index (κ3) is 4.17. The summed E-state index contributed by atoms with van der Waals surface area (Å²) >= 11 is 0. The largest absolute Gasteiger partial charge is 0.366 e. The maximum Gasteiger partial charge on any atom is 0.163 e. The molecule has 0 unspecified atom stereocenters. The summed E-state index contributed by atoms with van der Waals surface area (Å²) in [5, 5.41) is 5.96. The fraction of sp³-hybridized carbons (Fsp3) is 0.0526. The molecule has 1 heterocycles. The van der Waals surface area contributed by atoms with Gasteiger partial charge in [0, 0.05) is 24.2 Å². The number of hydrogen-bond donors (Lipinski definition) is 2. The smallest absolute Gasteiger partial charge is 0.163 e. The summed E-state index contributed by atoms with van der Waals surface area (Å²) in [5.74, 6) is 0.119. The number of nitrogens with one attached hydrogen (secondary N) is 2. The van der Waals surface area contributed by atoms with Gasteiger partial charge in [0.15, 0.2) is 5.82 Å². The van der Waals surface area contributed by atoms with E-state index in [2.05, 4.69) is 27.2 Å². The van der Waals surface area contributed by atoms with E-state index in [0.29, 0.717) is 24.0 Å². The molecule has 0 fully saturated rings. The Hall–Kier alpha value is -3.28. The molecule has 0 saturated carbocycles. The number of anilines is 3. The number of rotatable bonds is 6. The first kappa shape index (κ1) is 16.6. The van der Waals surface area contributed by atoms with Gasteiger partial charge in [0.2, 0.25) is 0 Å². The lowest BCUT2D eigenvalue weighted by molar-refractivity contribution is 0.586. The highest BCUT2D eigenvalue weighted by Gasteiger charge is 2.09. The average molecular weight is 338 g/mol. The average Bonchev–Trinajstić information content (AvgIpc) is 2.63. The summed E-state index contributed by atoms with van der Waals surface area (Å²) < 4.78 is 27.0. The highest BCUT2D eigenvalue weighted by atomic mass is 19.1. The zero-order valence-electron chi connectivity index (χ0n) is 13.3. The molecule has 0 amide bonds. The topological polar surface area (TPSA) is 49.8 Å². The first-order valence-corrected chi connectivity index (χ1v) is 7.67. The van der Waals surface area contributed by atoms with E-state index < -0.39 is 11.6 Å². The molecule has 0 aliphatic carbocycles. The Morgan fingerprint density at radius 3 is 2.44 bits per heavy atom. The predicted octanol–water partition coefficient (Wildman–Crippen LogP) is 4.76. The van der Waals surface area contributed by atoms with Gasteiger partial charge in [-0.05, 0) is 12.1 Å². The van der Waals surface area contributed by atoms with Crippen LogP contribution < -0.4 is 10.6 Å². The maximum absolute atomic E-state index is 13.9. The fourth-order valence-electron chi connectivity index (χ4n) is 2.22. The predicted molar refractivity (Wildman–Crippen MR) is 95.8 cm³/mol. The van der Waals surface area contributed by atoms with Crippen LogP contribution >= 0.6 is 0 Å². The lowest BCUT2D eigenvalue weighted by Gasteiger charge is -2.11. The van der Waals surface area contributed by atoms with Gasteiger partial charge < -0.3 is 10.6 Å². The van der Waals surface area contributed by atoms with Crippen molar-refractivity contribution in [3.8, 4) is 11.4 Å². The van der Waals surface area contributed by atoms with Crippen molar-refractivity contribution >= 4 is 17.3 Å². The van der Waals surface area contributed by atoms with E-state index in [4.69, 9.17) is 0 Å². The summed E-state index contributed by atoms with van der Waals surface area (Å²) in [5.41, 5.74) is 0.959. The van der Waals surface area contributed by atoms with E-state index in [-0.39, 0.29) is 5.69 Å². The lowest BCUT2D eigenvalue weighted by atomic mass is 10.2. The van der Waals surface area contributed by atoms with Gasteiger partial charge in [-0.3, -0.25) is 0 Å². The molecule has 0 aliphatic rings. The van der Waals surface area contributed by atoms with Crippen molar-refractivity contribution in [2.24, 2.45) is 0 Å². The quantitative estimate of drug-likeness (QED) is 0.636. The molecule has 0 saturated heterocycles. The summed E-state index contributed by atoms with van der Waals surface area (Å²) in [6.07, 6.45) is 1.71. The van der Waals surface area contributed by atoms with Crippen LogP contribution in [0.3, 0.4) is 0 Å². The zero-order chi connectivity index (χ0) is 17.6. The van der Waals surface area contributed by atoms with Crippen molar-refractivity contribution in [1.29, 1.82) is 0 Å². The highest BCUT2D eigenvalue weighted by molar-refractivity contribution is 5.65. The van der Waals surface area contributed by atoms with Crippen molar-refractivity contribution in [2.45, 2.75) is 0 Å². The Bertz CT molecular complexity index is 882. The summed E-state index contributed by atoms with van der Waals surface area (Å²) in [6.45, 7) is 4.18. The van der Waals surface area contributed by atoms with Gasteiger partial charge in [-0.2, -0.15) is 0 Å². The van der Waals surface area contributed by atoms with Crippen LogP contribution in [0.5, 0.6) is 0 Å². The van der Waals surface area contributed by atoms with Gasteiger partial charge in [0.05, 0.1) is 5.69 Å². The van der Waals surface area contributed by atoms with Gasteiger partial charge in [-0.15, -0.1) is 6.58 Å². The van der Waals surface area contributed by atoms with Crippen LogP contribution in [0.15, 0.2) is 67.3 Å². The van der Waals surface area contributed by atoms with Crippen LogP contribution in [-0.4, -0.2) is 16.5 Å². The Balaban J connectivity index is 1.98. The van der Waals surface area contributed by atoms with Crippen molar-refractivity contribution in [3.63, 3.8) is 0 Å². The SMILES string of the molecule is C=CCNc1cc(Nc2ccc(F)cc2F)nc(-c2ccccc2)n1. The van der Waals surface area contributed by atoms with Crippen LogP contribution in [0.2, 0.25) is 0 Å². The van der Waals surface area contributed by atoms with E-state index in [1.807, 2.05) is 30.3 Å². The molecular weight excluding hydrogens is 322 g/mol. The zero-order valence-corrected chi connectivity index (χ0v) is 13.3. The first-order chi connectivity index (χ1) is 12.2. The lowest BCUT2D eigenvalue weighted by Crippen LogP contribution is -2.05. The highest BCUT2D eigenvalue weighted by Crippen LogP contribution is 2.24. The van der Waals surface area contributed by atoms with E-state index in [0.717, 1.165) is 11.6 Å². The van der Waals surface area contributed by atoms with Crippen LogP contribution in [0.1, 0.15) is 0 Å². The minimum absolute atomic E-state index is 0.133. The number of hydrogen-bond acceptors (Lipinski definition) is 4. The first-order valence-electron chi connectivity index (χ1n) is 7.67. The second kappa shape index (κ2) is 7.53. The number of halogens is 2. The Morgan fingerprint density at radius 2 is 1.72 bits per heavy atom. The Labute approximate surface area is 144 Å². The van der Waals surface area contributed by atoms with E-state index in [9.17, 15) is 8.78 Å². The minimum atomic E-state index is -0.694. The molecule has 0 aliphatic heterocycles. The van der Waals surface area contributed by atoms with Crippen molar-refractivity contribution in [3.05, 3.63) is 78.9 Å². The van der Waals surface area contributed by atoms with Crippen LogP contribution in [0.25, 0.3) is 11.4 Å². The molecule has 4 nitrogen and oxygen atoms in total. The van der Waals surface area contributed by atoms with E-state index >= 15 is 0 Å². The van der Waals surface area contributed by atoms with Gasteiger partial charge in [-0.1, -0.05) is 36.4 Å². The fourth-order valence-corrected chi connectivity index (χ4v) is 2.22. The van der Waals surface area contributed by atoms with E-state index in [1.165, 1.54) is 12.1 Å². The molecular formula is C19H16F2N4. The monoisotopic (exact) mass is 338 g/mol. The third-order valence-electron chi connectivity index (χ3n) is 3.38. The van der Waals surface area contributed by atoms with Crippen molar-refractivity contribution in [1.82, 2.24) is 9.97 Å². The van der Waals surface area contributed by atoms with Gasteiger partial charge in [-0.25, -0.2) is 18.7 Å². The summed E-state index contributed by atoms with van der Waals surface area (Å²) in [7, 11) is 0. The summed E-state index contributed by atoms with van der Waals surface area (Å²) in [4.78, 5) is 8.88. The molecule has 3 aromatic rings. The maximum atomic E-state index is 13.9. The molecule has 25 heavy (non-hydrogen) atoms. The molecule has 126 valence electrons. The third-order valence-corrected chi connectivity index (χ3v) is 3.38. The van der Waals surface area contributed by atoms with Crippen LogP contribution in [0, 0.1) is 11.6 Å². The van der Waals surface area contributed by atoms with Gasteiger partial charge >= 0.3 is 0 Å². The van der Waals surface area contributed by atoms with Crippen molar-refractivity contribution in [2.75, 3.05) is 17.2 Å².